The van der Waals surface area contributed by atoms with Gasteiger partial charge in [-0.1, -0.05) is 22.9 Å². The lowest BCUT2D eigenvalue weighted by Gasteiger charge is -2.38. The van der Waals surface area contributed by atoms with Crippen LogP contribution in [0.5, 0.6) is 0 Å². The lowest BCUT2D eigenvalue weighted by molar-refractivity contribution is -0.138. The van der Waals surface area contributed by atoms with Crippen molar-refractivity contribution in [1.82, 2.24) is 5.32 Å². The fourth-order valence-electron chi connectivity index (χ4n) is 1.89. The molecule has 1 fully saturated rings. The molecule has 0 saturated carbocycles. The third kappa shape index (κ3) is 3.32. The highest BCUT2D eigenvalue weighted by Crippen LogP contribution is 2.34. The van der Waals surface area contributed by atoms with E-state index in [-0.39, 0.29) is 15.5 Å². The van der Waals surface area contributed by atoms with E-state index in [1.54, 1.807) is 0 Å². The van der Waals surface area contributed by atoms with Crippen molar-refractivity contribution in [3.05, 3.63) is 33.8 Å². The summed E-state index contributed by atoms with van der Waals surface area (Å²) in [6.07, 6.45) is -4.57. The Labute approximate surface area is 122 Å². The average molecular weight is 352 g/mol. The van der Waals surface area contributed by atoms with Gasteiger partial charge >= 0.3 is 6.18 Å². The predicted octanol–water partition coefficient (Wildman–Crippen LogP) is 3.23. The molecular formula is C13H13BrF3NO2. The van der Waals surface area contributed by atoms with Gasteiger partial charge in [0.1, 0.15) is 0 Å². The molecule has 0 aliphatic carbocycles. The zero-order valence-corrected chi connectivity index (χ0v) is 12.3. The van der Waals surface area contributed by atoms with Crippen LogP contribution in [0.4, 0.5) is 13.2 Å². The number of ether oxygens (including phenoxy) is 1. The van der Waals surface area contributed by atoms with Crippen molar-refractivity contribution in [2.24, 2.45) is 5.41 Å². The third-order valence-corrected chi connectivity index (χ3v) is 3.60. The maximum Gasteiger partial charge on any atom is 0.417 e. The van der Waals surface area contributed by atoms with Crippen LogP contribution < -0.4 is 5.32 Å². The molecule has 1 N–H and O–H groups in total. The van der Waals surface area contributed by atoms with Crippen LogP contribution >= 0.6 is 15.9 Å². The largest absolute Gasteiger partial charge is 0.417 e. The number of carbonyl (C=O) groups is 1. The Morgan fingerprint density at radius 2 is 2.10 bits per heavy atom. The topological polar surface area (TPSA) is 38.3 Å². The summed E-state index contributed by atoms with van der Waals surface area (Å²) in [5.41, 5.74) is -1.51. The Bertz CT molecular complexity index is 527. The van der Waals surface area contributed by atoms with Crippen molar-refractivity contribution in [2.75, 3.05) is 19.8 Å². The van der Waals surface area contributed by atoms with Crippen LogP contribution in [0, 0.1) is 5.41 Å². The molecule has 1 aromatic rings. The van der Waals surface area contributed by atoms with Crippen molar-refractivity contribution in [1.29, 1.82) is 0 Å². The first-order chi connectivity index (χ1) is 9.21. The lowest BCUT2D eigenvalue weighted by atomic mass is 9.88. The van der Waals surface area contributed by atoms with Crippen molar-refractivity contribution >= 4 is 21.8 Å². The number of alkyl halides is 3. The predicted molar refractivity (Wildman–Crippen MR) is 70.4 cm³/mol. The summed E-state index contributed by atoms with van der Waals surface area (Å²) in [5, 5.41) is 2.54. The molecule has 1 saturated heterocycles. The van der Waals surface area contributed by atoms with Crippen LogP contribution in [0.3, 0.4) is 0 Å². The van der Waals surface area contributed by atoms with Crippen molar-refractivity contribution < 1.29 is 22.7 Å². The molecule has 2 rings (SSSR count). The number of hydrogen-bond acceptors (Lipinski definition) is 2. The number of rotatable bonds is 3. The molecule has 110 valence electrons. The SMILES string of the molecule is CC1(CNC(=O)c2ccc(Br)cc2C(F)(F)F)COC1. The van der Waals surface area contributed by atoms with E-state index in [1.807, 2.05) is 6.92 Å². The molecule has 7 heteroatoms. The van der Waals surface area contributed by atoms with Crippen molar-refractivity contribution in [3.63, 3.8) is 0 Å². The summed E-state index contributed by atoms with van der Waals surface area (Å²) < 4.78 is 44.1. The first-order valence-corrected chi connectivity index (χ1v) is 6.73. The van der Waals surface area contributed by atoms with Gasteiger partial charge in [0.2, 0.25) is 0 Å². The molecule has 1 amide bonds. The van der Waals surface area contributed by atoms with Crippen molar-refractivity contribution in [3.8, 4) is 0 Å². The summed E-state index contributed by atoms with van der Waals surface area (Å²) in [5.74, 6) is -0.724. The molecule has 0 aromatic heterocycles. The van der Waals surface area contributed by atoms with Crippen LogP contribution in [-0.4, -0.2) is 25.7 Å². The van der Waals surface area contributed by atoms with E-state index in [0.29, 0.717) is 19.8 Å². The van der Waals surface area contributed by atoms with Gasteiger partial charge in [0.25, 0.3) is 5.91 Å². The van der Waals surface area contributed by atoms with Gasteiger partial charge < -0.3 is 10.1 Å². The van der Waals surface area contributed by atoms with Gasteiger partial charge in [-0.05, 0) is 18.2 Å². The minimum Gasteiger partial charge on any atom is -0.380 e. The third-order valence-electron chi connectivity index (χ3n) is 3.11. The monoisotopic (exact) mass is 351 g/mol. The van der Waals surface area contributed by atoms with Gasteiger partial charge in [0.15, 0.2) is 0 Å². The van der Waals surface area contributed by atoms with Gasteiger partial charge in [0.05, 0.1) is 24.3 Å². The van der Waals surface area contributed by atoms with Crippen LogP contribution in [0.2, 0.25) is 0 Å². The highest BCUT2D eigenvalue weighted by atomic mass is 79.9. The Kier molecular flexibility index (Phi) is 4.11. The standard InChI is InChI=1S/C13H13BrF3NO2/c1-12(6-20-7-12)5-18-11(19)9-3-2-8(14)4-10(9)13(15,16)17/h2-4H,5-7H2,1H3,(H,18,19). The molecule has 1 aromatic carbocycles. The van der Waals surface area contributed by atoms with Gasteiger partial charge in [-0.15, -0.1) is 0 Å². The Morgan fingerprint density at radius 3 is 2.60 bits per heavy atom. The maximum atomic E-state index is 12.9. The number of benzene rings is 1. The fourth-order valence-corrected chi connectivity index (χ4v) is 2.25. The quantitative estimate of drug-likeness (QED) is 0.907. The van der Waals surface area contributed by atoms with Crippen LogP contribution in [-0.2, 0) is 10.9 Å². The number of amides is 1. The van der Waals surface area contributed by atoms with Gasteiger partial charge in [-0.3, -0.25) is 4.79 Å². The first kappa shape index (κ1) is 15.3. The van der Waals surface area contributed by atoms with Crippen LogP contribution in [0.1, 0.15) is 22.8 Å². The first-order valence-electron chi connectivity index (χ1n) is 5.94. The average Bonchev–Trinajstić information content (AvgIpc) is 2.32. The van der Waals surface area contributed by atoms with Gasteiger partial charge in [-0.2, -0.15) is 13.2 Å². The maximum absolute atomic E-state index is 12.9. The zero-order chi connectivity index (χ0) is 15.0. The Hall–Kier alpha value is -1.08. The summed E-state index contributed by atoms with van der Waals surface area (Å²) in [4.78, 5) is 11.9. The van der Waals surface area contributed by atoms with E-state index in [2.05, 4.69) is 21.2 Å². The molecule has 0 atom stereocenters. The second kappa shape index (κ2) is 5.37. The van der Waals surface area contributed by atoms with E-state index in [9.17, 15) is 18.0 Å². The molecule has 1 aliphatic heterocycles. The molecule has 20 heavy (non-hydrogen) atoms. The second-order valence-corrected chi connectivity index (χ2v) is 6.09. The number of carbonyl (C=O) groups excluding carboxylic acids is 1. The van der Waals surface area contributed by atoms with E-state index in [1.165, 1.54) is 12.1 Å². The summed E-state index contributed by atoms with van der Waals surface area (Å²) in [6, 6.07) is 3.49. The molecule has 1 aliphatic rings. The van der Waals surface area contributed by atoms with Gasteiger partial charge in [-0.25, -0.2) is 0 Å². The number of halogens is 4. The summed E-state index contributed by atoms with van der Waals surface area (Å²) in [6.45, 7) is 3.20. The molecule has 0 unspecified atom stereocenters. The van der Waals surface area contributed by atoms with Gasteiger partial charge in [0, 0.05) is 16.4 Å². The molecule has 0 spiro atoms. The van der Waals surface area contributed by atoms with E-state index >= 15 is 0 Å². The molecule has 1 heterocycles. The fraction of sp³-hybridized carbons (Fsp3) is 0.462. The molecule has 0 radical (unpaired) electrons. The van der Waals surface area contributed by atoms with E-state index < -0.39 is 17.6 Å². The van der Waals surface area contributed by atoms with E-state index in [4.69, 9.17) is 4.74 Å². The Balaban J connectivity index is 2.17. The second-order valence-electron chi connectivity index (χ2n) is 5.17. The van der Waals surface area contributed by atoms with Crippen LogP contribution in [0.15, 0.2) is 22.7 Å². The summed E-state index contributed by atoms with van der Waals surface area (Å²) >= 11 is 2.98. The lowest BCUT2D eigenvalue weighted by Crippen LogP contribution is -2.48. The number of nitrogens with one attached hydrogen (secondary N) is 1. The smallest absolute Gasteiger partial charge is 0.380 e. The number of hydrogen-bond donors (Lipinski definition) is 1. The Morgan fingerprint density at radius 1 is 1.45 bits per heavy atom. The summed E-state index contributed by atoms with van der Waals surface area (Å²) in [7, 11) is 0. The molecule has 0 bridgehead atoms. The van der Waals surface area contributed by atoms with Crippen LogP contribution in [0.25, 0.3) is 0 Å². The zero-order valence-electron chi connectivity index (χ0n) is 10.7. The minimum atomic E-state index is -4.57. The minimum absolute atomic E-state index is 0.191. The molecular weight excluding hydrogens is 339 g/mol. The normalized spacial score (nSPS) is 17.4. The molecule has 3 nitrogen and oxygen atoms in total. The van der Waals surface area contributed by atoms with E-state index in [0.717, 1.165) is 6.07 Å². The highest BCUT2D eigenvalue weighted by Gasteiger charge is 2.37. The highest BCUT2D eigenvalue weighted by molar-refractivity contribution is 9.10. The van der Waals surface area contributed by atoms with Crippen molar-refractivity contribution in [2.45, 2.75) is 13.1 Å².